The molecule has 104 valence electrons. The molecule has 1 fully saturated rings. The Bertz CT molecular complexity index is 484. The fourth-order valence-corrected chi connectivity index (χ4v) is 2.91. The largest absolute Gasteiger partial charge is 0.349 e. The smallest absolute Gasteiger partial charge is 0.225 e. The second kappa shape index (κ2) is 5.69. The molecule has 1 aromatic heterocycles. The lowest BCUT2D eigenvalue weighted by atomic mass is 10.1. The Morgan fingerprint density at radius 2 is 2.37 bits per heavy atom. The van der Waals surface area contributed by atoms with Crippen LogP contribution in [0.15, 0.2) is 5.38 Å². The van der Waals surface area contributed by atoms with Crippen molar-refractivity contribution in [2.75, 3.05) is 6.54 Å². The molecule has 1 atom stereocenters. The first-order chi connectivity index (χ1) is 8.97. The van der Waals surface area contributed by atoms with Crippen LogP contribution in [0.5, 0.6) is 0 Å². The van der Waals surface area contributed by atoms with Gasteiger partial charge in [-0.15, -0.1) is 11.3 Å². The van der Waals surface area contributed by atoms with E-state index < -0.39 is 0 Å². The van der Waals surface area contributed by atoms with E-state index in [1.165, 1.54) is 11.3 Å². The molecule has 1 N–H and O–H groups in total. The molecular formula is C13H19N3O2S. The zero-order chi connectivity index (χ0) is 14.0. The van der Waals surface area contributed by atoms with Crippen LogP contribution < -0.4 is 5.32 Å². The molecule has 5 nitrogen and oxygen atoms in total. The molecule has 0 aromatic carbocycles. The van der Waals surface area contributed by atoms with Crippen LogP contribution in [0.1, 0.15) is 31.0 Å². The predicted molar refractivity (Wildman–Crippen MR) is 73.7 cm³/mol. The quantitative estimate of drug-likeness (QED) is 0.905. The maximum atomic E-state index is 12.0. The first-order valence-electron chi connectivity index (χ1n) is 6.45. The number of thiazole rings is 1. The number of hydrogen-bond acceptors (Lipinski definition) is 4. The molecule has 2 amide bonds. The number of nitrogens with zero attached hydrogens (tertiary/aromatic N) is 2. The van der Waals surface area contributed by atoms with Gasteiger partial charge >= 0.3 is 0 Å². The summed E-state index contributed by atoms with van der Waals surface area (Å²) in [5, 5.41) is 5.72. The Labute approximate surface area is 117 Å². The molecule has 0 bridgehead atoms. The third kappa shape index (κ3) is 3.32. The average molecular weight is 281 g/mol. The van der Waals surface area contributed by atoms with Gasteiger partial charge in [-0.05, 0) is 20.8 Å². The Kier molecular flexibility index (Phi) is 4.19. The number of likely N-dealkylation sites (tertiary alicyclic amines) is 1. The van der Waals surface area contributed by atoms with E-state index in [0.29, 0.717) is 19.5 Å². The van der Waals surface area contributed by atoms with Crippen LogP contribution in [0.4, 0.5) is 0 Å². The van der Waals surface area contributed by atoms with Crippen LogP contribution in [-0.4, -0.2) is 34.3 Å². The molecule has 0 aliphatic carbocycles. The van der Waals surface area contributed by atoms with E-state index in [1.807, 2.05) is 26.2 Å². The lowest BCUT2D eigenvalue weighted by molar-refractivity contribution is -0.129. The minimum Gasteiger partial charge on any atom is -0.349 e. The van der Waals surface area contributed by atoms with Crippen molar-refractivity contribution in [2.24, 2.45) is 5.92 Å². The van der Waals surface area contributed by atoms with Crippen molar-refractivity contribution in [3.8, 4) is 0 Å². The van der Waals surface area contributed by atoms with E-state index in [1.54, 1.807) is 4.90 Å². The van der Waals surface area contributed by atoms with Crippen LogP contribution in [0, 0.1) is 12.8 Å². The van der Waals surface area contributed by atoms with Gasteiger partial charge in [0.15, 0.2) is 0 Å². The van der Waals surface area contributed by atoms with Crippen molar-refractivity contribution in [3.05, 3.63) is 16.1 Å². The number of rotatable bonds is 4. The van der Waals surface area contributed by atoms with Gasteiger partial charge in [-0.3, -0.25) is 9.59 Å². The van der Waals surface area contributed by atoms with Crippen molar-refractivity contribution in [1.29, 1.82) is 0 Å². The van der Waals surface area contributed by atoms with E-state index in [-0.39, 0.29) is 23.8 Å². The van der Waals surface area contributed by atoms with E-state index in [4.69, 9.17) is 0 Å². The normalized spacial score (nSPS) is 19.3. The van der Waals surface area contributed by atoms with Gasteiger partial charge in [-0.25, -0.2) is 4.98 Å². The van der Waals surface area contributed by atoms with Crippen LogP contribution >= 0.6 is 11.3 Å². The molecular weight excluding hydrogens is 262 g/mol. The number of aromatic nitrogens is 1. The molecule has 6 heteroatoms. The molecule has 1 aliphatic heterocycles. The highest BCUT2D eigenvalue weighted by molar-refractivity contribution is 7.09. The van der Waals surface area contributed by atoms with Crippen molar-refractivity contribution in [2.45, 2.75) is 39.8 Å². The van der Waals surface area contributed by atoms with Gasteiger partial charge in [-0.1, -0.05) is 0 Å². The first-order valence-corrected chi connectivity index (χ1v) is 7.33. The summed E-state index contributed by atoms with van der Waals surface area (Å²) in [5.41, 5.74) is 0.969. The van der Waals surface area contributed by atoms with Gasteiger partial charge in [-0.2, -0.15) is 0 Å². The summed E-state index contributed by atoms with van der Waals surface area (Å²) in [6, 6.07) is 0.159. The van der Waals surface area contributed by atoms with E-state index in [2.05, 4.69) is 10.3 Å². The molecule has 0 spiro atoms. The summed E-state index contributed by atoms with van der Waals surface area (Å²) in [6.07, 6.45) is 0.320. The summed E-state index contributed by atoms with van der Waals surface area (Å²) in [7, 11) is 0. The zero-order valence-electron chi connectivity index (χ0n) is 11.5. The number of carbonyl (C=O) groups is 2. The maximum absolute atomic E-state index is 12.0. The van der Waals surface area contributed by atoms with E-state index in [9.17, 15) is 9.59 Å². The van der Waals surface area contributed by atoms with Crippen molar-refractivity contribution < 1.29 is 9.59 Å². The lowest BCUT2D eigenvalue weighted by Crippen LogP contribution is -2.35. The summed E-state index contributed by atoms with van der Waals surface area (Å²) in [6.45, 7) is 6.84. The Balaban J connectivity index is 1.86. The van der Waals surface area contributed by atoms with Crippen LogP contribution in [0.2, 0.25) is 0 Å². The van der Waals surface area contributed by atoms with E-state index >= 15 is 0 Å². The molecule has 1 saturated heterocycles. The summed E-state index contributed by atoms with van der Waals surface area (Å²) in [5.74, 6) is -0.208. The molecule has 0 radical (unpaired) electrons. The van der Waals surface area contributed by atoms with Gasteiger partial charge in [0.1, 0.15) is 5.01 Å². The van der Waals surface area contributed by atoms with Crippen LogP contribution in [-0.2, 0) is 16.1 Å². The number of aryl methyl sites for hydroxylation is 1. The lowest BCUT2D eigenvalue weighted by Gasteiger charge is -2.20. The van der Waals surface area contributed by atoms with Gasteiger partial charge in [0.2, 0.25) is 11.8 Å². The van der Waals surface area contributed by atoms with Gasteiger partial charge in [0, 0.05) is 30.1 Å². The van der Waals surface area contributed by atoms with Crippen molar-refractivity contribution in [3.63, 3.8) is 0 Å². The topological polar surface area (TPSA) is 62.3 Å². The fraction of sp³-hybridized carbons (Fsp3) is 0.615. The second-order valence-electron chi connectivity index (χ2n) is 5.14. The molecule has 1 aliphatic rings. The zero-order valence-corrected chi connectivity index (χ0v) is 12.3. The maximum Gasteiger partial charge on any atom is 0.225 e. The summed E-state index contributed by atoms with van der Waals surface area (Å²) < 4.78 is 0. The monoisotopic (exact) mass is 281 g/mol. The number of nitrogens with one attached hydrogen (secondary N) is 1. The minimum absolute atomic E-state index is 0.0515. The first kappa shape index (κ1) is 14.0. The Hall–Kier alpha value is -1.43. The van der Waals surface area contributed by atoms with Gasteiger partial charge < -0.3 is 10.2 Å². The highest BCUT2D eigenvalue weighted by Gasteiger charge is 2.35. The Morgan fingerprint density at radius 1 is 1.63 bits per heavy atom. The molecule has 2 rings (SSSR count). The molecule has 1 unspecified atom stereocenters. The molecule has 19 heavy (non-hydrogen) atoms. The number of amides is 2. The van der Waals surface area contributed by atoms with Crippen molar-refractivity contribution in [1.82, 2.24) is 15.2 Å². The number of hydrogen-bond donors (Lipinski definition) is 1. The Morgan fingerprint density at radius 3 is 2.89 bits per heavy atom. The second-order valence-corrected chi connectivity index (χ2v) is 6.08. The predicted octanol–water partition coefficient (Wildman–Crippen LogP) is 1.32. The fourth-order valence-electron chi connectivity index (χ4n) is 2.20. The average Bonchev–Trinajstić information content (AvgIpc) is 2.92. The highest BCUT2D eigenvalue weighted by Crippen LogP contribution is 2.20. The summed E-state index contributed by atoms with van der Waals surface area (Å²) >= 11 is 1.54. The molecule has 1 aromatic rings. The molecule has 0 saturated carbocycles. The highest BCUT2D eigenvalue weighted by atomic mass is 32.1. The number of carbonyl (C=O) groups excluding carboxylic acids is 2. The van der Waals surface area contributed by atoms with Crippen LogP contribution in [0.3, 0.4) is 0 Å². The van der Waals surface area contributed by atoms with Gasteiger partial charge in [0.05, 0.1) is 12.5 Å². The minimum atomic E-state index is -0.226. The third-order valence-electron chi connectivity index (χ3n) is 3.23. The standard InChI is InChI=1S/C13H19N3O2S/c1-8(2)16-6-10(4-12(16)17)13(18)14-5-11-15-9(3)7-19-11/h7-8,10H,4-6H2,1-3H3,(H,14,18). The SMILES string of the molecule is Cc1csc(CNC(=O)C2CC(=O)N(C(C)C)C2)n1. The van der Waals surface area contributed by atoms with E-state index in [0.717, 1.165) is 10.7 Å². The van der Waals surface area contributed by atoms with Crippen LogP contribution in [0.25, 0.3) is 0 Å². The summed E-state index contributed by atoms with van der Waals surface area (Å²) in [4.78, 5) is 29.8. The van der Waals surface area contributed by atoms with Crippen molar-refractivity contribution >= 4 is 23.2 Å². The molecule has 2 heterocycles. The van der Waals surface area contributed by atoms with Gasteiger partial charge in [0.25, 0.3) is 0 Å². The third-order valence-corrected chi connectivity index (χ3v) is 4.20.